The van der Waals surface area contributed by atoms with Gasteiger partial charge in [-0.05, 0) is 42.2 Å². The maximum absolute atomic E-state index is 13.4. The number of carbonyl (C=O) groups is 1. The zero-order valence-corrected chi connectivity index (χ0v) is 17.2. The Morgan fingerprint density at radius 2 is 1.86 bits per heavy atom. The number of nitrogens with one attached hydrogen (secondary N) is 1. The van der Waals surface area contributed by atoms with Crippen LogP contribution in [0.4, 0.5) is 5.69 Å². The zero-order valence-electron chi connectivity index (χ0n) is 16.4. The lowest BCUT2D eigenvalue weighted by atomic mass is 10.0. The van der Waals surface area contributed by atoms with Crippen LogP contribution < -0.4 is 14.4 Å². The van der Waals surface area contributed by atoms with Crippen LogP contribution in [-0.4, -0.2) is 33.5 Å². The van der Waals surface area contributed by atoms with Gasteiger partial charge in [-0.25, -0.2) is 8.42 Å². The van der Waals surface area contributed by atoms with E-state index in [1.807, 2.05) is 19.1 Å². The molecule has 1 N–H and O–H groups in total. The van der Waals surface area contributed by atoms with E-state index < -0.39 is 16.1 Å². The van der Waals surface area contributed by atoms with Gasteiger partial charge in [-0.3, -0.25) is 9.10 Å². The van der Waals surface area contributed by atoms with Gasteiger partial charge in [-0.2, -0.15) is 0 Å². The summed E-state index contributed by atoms with van der Waals surface area (Å²) in [5.74, 6) is 0.381. The molecule has 1 atom stereocenters. The van der Waals surface area contributed by atoms with Crippen LogP contribution in [0.15, 0.2) is 53.4 Å². The van der Waals surface area contributed by atoms with Crippen molar-refractivity contribution in [2.45, 2.75) is 44.1 Å². The second-order valence-corrected chi connectivity index (χ2v) is 8.99. The van der Waals surface area contributed by atoms with Crippen LogP contribution >= 0.6 is 0 Å². The van der Waals surface area contributed by atoms with Crippen molar-refractivity contribution in [2.24, 2.45) is 0 Å². The lowest BCUT2D eigenvalue weighted by Crippen LogP contribution is -2.50. The molecular weight excluding hydrogens is 376 g/mol. The average molecular weight is 403 g/mol. The highest BCUT2D eigenvalue weighted by Gasteiger charge is 2.37. The Morgan fingerprint density at radius 1 is 1.18 bits per heavy atom. The molecule has 0 saturated carbocycles. The first-order valence-electron chi connectivity index (χ1n) is 9.50. The Balaban J connectivity index is 1.96. The van der Waals surface area contributed by atoms with Gasteiger partial charge in [0.15, 0.2) is 6.10 Å². The quantitative estimate of drug-likeness (QED) is 0.804. The summed E-state index contributed by atoms with van der Waals surface area (Å²) in [7, 11) is -3.83. The molecule has 1 aliphatic heterocycles. The lowest BCUT2D eigenvalue weighted by molar-refractivity contribution is -0.127. The van der Waals surface area contributed by atoms with E-state index in [2.05, 4.69) is 19.2 Å². The van der Waals surface area contributed by atoms with Crippen molar-refractivity contribution in [2.75, 3.05) is 17.4 Å². The summed E-state index contributed by atoms with van der Waals surface area (Å²) in [5, 5.41) is 2.78. The third-order valence-corrected chi connectivity index (χ3v) is 6.51. The number of amides is 1. The predicted octanol–water partition coefficient (Wildman–Crippen LogP) is 3.29. The van der Waals surface area contributed by atoms with Gasteiger partial charge >= 0.3 is 0 Å². The van der Waals surface area contributed by atoms with E-state index in [-0.39, 0.29) is 17.3 Å². The summed E-state index contributed by atoms with van der Waals surface area (Å²) in [4.78, 5) is 12.6. The van der Waals surface area contributed by atoms with Crippen LogP contribution in [0.2, 0.25) is 0 Å². The van der Waals surface area contributed by atoms with Crippen LogP contribution in [0.5, 0.6) is 5.75 Å². The summed E-state index contributed by atoms with van der Waals surface area (Å²) in [6, 6.07) is 13.8. The van der Waals surface area contributed by atoms with Gasteiger partial charge < -0.3 is 10.1 Å². The van der Waals surface area contributed by atoms with E-state index in [0.29, 0.717) is 23.9 Å². The predicted molar refractivity (Wildman–Crippen MR) is 109 cm³/mol. The van der Waals surface area contributed by atoms with Gasteiger partial charge in [-0.15, -0.1) is 0 Å². The van der Waals surface area contributed by atoms with Crippen molar-refractivity contribution < 1.29 is 17.9 Å². The number of anilines is 1. The van der Waals surface area contributed by atoms with Crippen molar-refractivity contribution in [3.05, 3.63) is 54.1 Å². The Kier molecular flexibility index (Phi) is 5.93. The Hall–Kier alpha value is -2.54. The molecule has 150 valence electrons. The van der Waals surface area contributed by atoms with Gasteiger partial charge in [0.25, 0.3) is 15.9 Å². The molecule has 7 heteroatoms. The van der Waals surface area contributed by atoms with Crippen molar-refractivity contribution in [3.63, 3.8) is 0 Å². The molecule has 3 rings (SSSR count). The number of sulfonamides is 1. The van der Waals surface area contributed by atoms with Crippen LogP contribution in [0, 0.1) is 0 Å². The second kappa shape index (κ2) is 8.22. The number of hydrogen-bond acceptors (Lipinski definition) is 4. The minimum atomic E-state index is -3.83. The maximum Gasteiger partial charge on any atom is 0.264 e. The minimum absolute atomic E-state index is 0.0686. The SMILES string of the molecule is CCCNC(=O)C1CN(S(=O)(=O)c2ccc(C(C)C)cc2)c2ccccc2O1. The van der Waals surface area contributed by atoms with Gasteiger partial charge in [0.2, 0.25) is 0 Å². The third-order valence-electron chi connectivity index (χ3n) is 4.71. The van der Waals surface area contributed by atoms with E-state index in [0.717, 1.165) is 12.0 Å². The highest BCUT2D eigenvalue weighted by atomic mass is 32.2. The number of rotatable bonds is 6. The first-order chi connectivity index (χ1) is 13.3. The number of fused-ring (bicyclic) bond motifs is 1. The average Bonchev–Trinajstić information content (AvgIpc) is 2.71. The molecule has 0 fully saturated rings. The van der Waals surface area contributed by atoms with E-state index in [9.17, 15) is 13.2 Å². The fourth-order valence-electron chi connectivity index (χ4n) is 3.08. The standard InChI is InChI=1S/C21H26N2O4S/c1-4-13-22-21(24)20-14-23(18-7-5-6-8-19(18)27-20)28(25,26)17-11-9-16(10-12-17)15(2)3/h5-12,15,20H,4,13-14H2,1-3H3,(H,22,24). The molecule has 1 aliphatic rings. The van der Waals surface area contributed by atoms with Crippen LogP contribution in [0.1, 0.15) is 38.7 Å². The smallest absolute Gasteiger partial charge is 0.264 e. The molecule has 0 bridgehead atoms. The highest BCUT2D eigenvalue weighted by molar-refractivity contribution is 7.92. The van der Waals surface area contributed by atoms with Crippen LogP contribution in [0.3, 0.4) is 0 Å². The first kappa shape index (κ1) is 20.2. The molecule has 0 aromatic heterocycles. The van der Waals surface area contributed by atoms with Crippen molar-refractivity contribution in [1.82, 2.24) is 5.32 Å². The normalized spacial score (nSPS) is 16.4. The van der Waals surface area contributed by atoms with Gasteiger partial charge in [0.1, 0.15) is 5.75 Å². The Bertz CT molecular complexity index is 939. The topological polar surface area (TPSA) is 75.7 Å². The summed E-state index contributed by atoms with van der Waals surface area (Å²) in [6.45, 7) is 6.52. The lowest BCUT2D eigenvalue weighted by Gasteiger charge is -2.34. The van der Waals surface area contributed by atoms with Gasteiger partial charge in [0.05, 0.1) is 17.1 Å². The molecular formula is C21H26N2O4S. The number of hydrogen-bond donors (Lipinski definition) is 1. The molecule has 0 spiro atoms. The molecule has 2 aromatic carbocycles. The number of para-hydroxylation sites is 2. The summed E-state index contributed by atoms with van der Waals surface area (Å²) in [5.41, 5.74) is 1.51. The van der Waals surface area contributed by atoms with E-state index in [1.165, 1.54) is 4.31 Å². The molecule has 6 nitrogen and oxygen atoms in total. The van der Waals surface area contributed by atoms with E-state index in [4.69, 9.17) is 4.74 Å². The fourth-order valence-corrected chi connectivity index (χ4v) is 4.56. The van der Waals surface area contributed by atoms with Crippen LogP contribution in [-0.2, 0) is 14.8 Å². The highest BCUT2D eigenvalue weighted by Crippen LogP contribution is 2.37. The minimum Gasteiger partial charge on any atom is -0.476 e. The van der Waals surface area contributed by atoms with Crippen molar-refractivity contribution in [1.29, 1.82) is 0 Å². The maximum atomic E-state index is 13.4. The summed E-state index contributed by atoms with van der Waals surface area (Å²) >= 11 is 0. The third kappa shape index (κ3) is 3.99. The molecule has 1 amide bonds. The molecule has 0 saturated heterocycles. The number of benzene rings is 2. The molecule has 1 heterocycles. The molecule has 1 unspecified atom stereocenters. The summed E-state index contributed by atoms with van der Waals surface area (Å²) in [6.07, 6.45) is -0.106. The number of ether oxygens (including phenoxy) is 1. The first-order valence-corrected chi connectivity index (χ1v) is 10.9. The molecule has 28 heavy (non-hydrogen) atoms. The Morgan fingerprint density at radius 3 is 2.50 bits per heavy atom. The van der Waals surface area contributed by atoms with E-state index >= 15 is 0 Å². The van der Waals surface area contributed by atoms with E-state index in [1.54, 1.807) is 36.4 Å². The molecule has 0 radical (unpaired) electrons. The van der Waals surface area contributed by atoms with Crippen molar-refractivity contribution >= 4 is 21.6 Å². The monoisotopic (exact) mass is 402 g/mol. The second-order valence-electron chi connectivity index (χ2n) is 7.13. The molecule has 2 aromatic rings. The largest absolute Gasteiger partial charge is 0.476 e. The van der Waals surface area contributed by atoms with Gasteiger partial charge in [0, 0.05) is 6.54 Å². The Labute approximate surface area is 166 Å². The van der Waals surface area contributed by atoms with Gasteiger partial charge in [-0.1, -0.05) is 45.0 Å². The molecule has 0 aliphatic carbocycles. The fraction of sp³-hybridized carbons (Fsp3) is 0.381. The summed E-state index contributed by atoms with van der Waals surface area (Å²) < 4.78 is 33.8. The van der Waals surface area contributed by atoms with Crippen molar-refractivity contribution in [3.8, 4) is 5.75 Å². The number of carbonyl (C=O) groups excluding carboxylic acids is 1. The number of nitrogens with zero attached hydrogens (tertiary/aromatic N) is 1. The van der Waals surface area contributed by atoms with Crippen LogP contribution in [0.25, 0.3) is 0 Å². The zero-order chi connectivity index (χ0) is 20.3.